The van der Waals surface area contributed by atoms with Crippen molar-refractivity contribution in [2.45, 2.75) is 0 Å². The average Bonchev–Trinajstić information content (AvgIpc) is 2.60. The van der Waals surface area contributed by atoms with Gasteiger partial charge in [-0.25, -0.2) is 0 Å². The molecule has 3 rings (SSSR count). The fourth-order valence-corrected chi connectivity index (χ4v) is 3.76. The van der Waals surface area contributed by atoms with E-state index in [0.29, 0.717) is 0 Å². The number of halogens is 2. The second kappa shape index (κ2) is 3.48. The molecule has 0 saturated carbocycles. The van der Waals surface area contributed by atoms with Gasteiger partial charge < -0.3 is 0 Å². The molecule has 74 valence electrons. The molecule has 0 radical (unpaired) electrons. The minimum absolute atomic E-state index is 0.834. The lowest BCUT2D eigenvalue weighted by atomic mass is 10.1. The third-order valence-corrected chi connectivity index (χ3v) is 5.07. The third-order valence-electron chi connectivity index (χ3n) is 2.43. The number of hydrogen-bond acceptors (Lipinski definition) is 1. The van der Waals surface area contributed by atoms with Crippen LogP contribution in [0.25, 0.3) is 20.2 Å². The molecule has 0 aliphatic carbocycles. The van der Waals surface area contributed by atoms with Crippen LogP contribution in [0.1, 0.15) is 0 Å². The molecule has 0 bridgehead atoms. The van der Waals surface area contributed by atoms with E-state index < -0.39 is 0 Å². The van der Waals surface area contributed by atoms with Gasteiger partial charge in [0.2, 0.25) is 0 Å². The van der Waals surface area contributed by atoms with Crippen molar-refractivity contribution in [1.82, 2.24) is 0 Å². The molecule has 2 aromatic carbocycles. The van der Waals surface area contributed by atoms with E-state index in [0.717, 1.165) is 9.50 Å². The lowest BCUT2D eigenvalue weighted by molar-refractivity contribution is 1.80. The van der Waals surface area contributed by atoms with E-state index in [-0.39, 0.29) is 0 Å². The van der Waals surface area contributed by atoms with E-state index >= 15 is 0 Å². The summed E-state index contributed by atoms with van der Waals surface area (Å²) < 4.78 is 3.57. The maximum atomic E-state index is 6.18. The van der Waals surface area contributed by atoms with Crippen LogP contribution in [0.2, 0.25) is 5.02 Å². The molecule has 0 unspecified atom stereocenters. The first-order valence-electron chi connectivity index (χ1n) is 4.52. The van der Waals surface area contributed by atoms with Gasteiger partial charge in [-0.1, -0.05) is 35.9 Å². The molecule has 0 atom stereocenters. The maximum Gasteiger partial charge on any atom is 0.0584 e. The zero-order chi connectivity index (χ0) is 10.4. The Bertz CT molecular complexity index is 601. The highest BCUT2D eigenvalue weighted by molar-refractivity contribution is 9.10. The molecule has 0 N–H and O–H groups in total. The molecule has 1 aromatic heterocycles. The van der Waals surface area contributed by atoms with Crippen LogP contribution in [-0.4, -0.2) is 0 Å². The Morgan fingerprint density at radius 1 is 0.933 bits per heavy atom. The monoisotopic (exact) mass is 296 g/mol. The highest BCUT2D eigenvalue weighted by Gasteiger charge is 2.08. The Hall–Kier alpha value is -0.570. The Morgan fingerprint density at radius 3 is 2.40 bits per heavy atom. The van der Waals surface area contributed by atoms with Gasteiger partial charge in [0.1, 0.15) is 0 Å². The van der Waals surface area contributed by atoms with E-state index in [1.165, 1.54) is 20.2 Å². The molecule has 0 aliphatic rings. The first-order valence-corrected chi connectivity index (χ1v) is 6.51. The van der Waals surface area contributed by atoms with Gasteiger partial charge in [-0.15, -0.1) is 11.3 Å². The first kappa shape index (κ1) is 9.64. The van der Waals surface area contributed by atoms with Crippen LogP contribution < -0.4 is 0 Å². The van der Waals surface area contributed by atoms with Crippen LogP contribution in [0.15, 0.2) is 40.9 Å². The fraction of sp³-hybridized carbons (Fsp3) is 0. The van der Waals surface area contributed by atoms with Crippen molar-refractivity contribution in [3.8, 4) is 0 Å². The van der Waals surface area contributed by atoms with Crippen LogP contribution >= 0.6 is 38.9 Å². The van der Waals surface area contributed by atoms with Gasteiger partial charge in [0.15, 0.2) is 0 Å². The minimum atomic E-state index is 0.834. The molecule has 0 aliphatic heterocycles. The fourth-order valence-electron chi connectivity index (χ4n) is 1.75. The summed E-state index contributed by atoms with van der Waals surface area (Å²) in [6.07, 6.45) is 0. The van der Waals surface area contributed by atoms with E-state index in [1.807, 2.05) is 12.1 Å². The molecule has 0 saturated heterocycles. The van der Waals surface area contributed by atoms with Crippen molar-refractivity contribution in [2.24, 2.45) is 0 Å². The minimum Gasteiger partial charge on any atom is -0.132 e. The van der Waals surface area contributed by atoms with Crippen molar-refractivity contribution < 1.29 is 0 Å². The van der Waals surface area contributed by atoms with E-state index in [2.05, 4.69) is 40.2 Å². The molecular weight excluding hydrogens is 292 g/mol. The van der Waals surface area contributed by atoms with Gasteiger partial charge in [0, 0.05) is 19.9 Å². The Kier molecular flexibility index (Phi) is 2.23. The summed E-state index contributed by atoms with van der Waals surface area (Å²) in [4.78, 5) is 0. The average molecular weight is 298 g/mol. The molecule has 15 heavy (non-hydrogen) atoms. The predicted molar refractivity (Wildman–Crippen MR) is 72.0 cm³/mol. The maximum absolute atomic E-state index is 6.18. The van der Waals surface area contributed by atoms with Gasteiger partial charge >= 0.3 is 0 Å². The number of fused-ring (bicyclic) bond motifs is 3. The number of rotatable bonds is 0. The van der Waals surface area contributed by atoms with Gasteiger partial charge in [-0.3, -0.25) is 0 Å². The highest BCUT2D eigenvalue weighted by atomic mass is 79.9. The van der Waals surface area contributed by atoms with Crippen LogP contribution in [0.4, 0.5) is 0 Å². The lowest BCUT2D eigenvalue weighted by Gasteiger charge is -1.93. The molecule has 0 spiro atoms. The lowest BCUT2D eigenvalue weighted by Crippen LogP contribution is -1.67. The van der Waals surface area contributed by atoms with Crippen LogP contribution in [0, 0.1) is 0 Å². The van der Waals surface area contributed by atoms with E-state index in [4.69, 9.17) is 11.6 Å². The zero-order valence-electron chi connectivity index (χ0n) is 7.63. The van der Waals surface area contributed by atoms with Crippen LogP contribution in [0.3, 0.4) is 0 Å². The van der Waals surface area contributed by atoms with Crippen molar-refractivity contribution in [1.29, 1.82) is 0 Å². The van der Waals surface area contributed by atoms with Gasteiger partial charge in [-0.2, -0.15) is 0 Å². The normalized spacial score (nSPS) is 11.3. The number of hydrogen-bond donors (Lipinski definition) is 0. The molecular formula is C12H6BrClS. The SMILES string of the molecule is Clc1cccc2c1sc1c(Br)cccc12. The molecule has 0 amide bonds. The summed E-state index contributed by atoms with van der Waals surface area (Å²) in [5.74, 6) is 0. The third kappa shape index (κ3) is 1.40. The second-order valence-electron chi connectivity index (χ2n) is 3.34. The van der Waals surface area contributed by atoms with Gasteiger partial charge in [0.05, 0.1) is 9.72 Å². The first-order chi connectivity index (χ1) is 7.27. The summed E-state index contributed by atoms with van der Waals surface area (Å²) in [6.45, 7) is 0. The quantitative estimate of drug-likeness (QED) is 0.516. The topological polar surface area (TPSA) is 0 Å². The molecule has 0 nitrogen and oxygen atoms in total. The Labute approximate surface area is 105 Å². The Morgan fingerprint density at radius 2 is 1.60 bits per heavy atom. The van der Waals surface area contributed by atoms with Crippen LogP contribution in [-0.2, 0) is 0 Å². The van der Waals surface area contributed by atoms with E-state index in [9.17, 15) is 0 Å². The zero-order valence-corrected chi connectivity index (χ0v) is 10.8. The molecule has 1 heterocycles. The number of thiophene rings is 1. The summed E-state index contributed by atoms with van der Waals surface area (Å²) in [5.41, 5.74) is 0. The summed E-state index contributed by atoms with van der Waals surface area (Å²) in [7, 11) is 0. The molecule has 0 fully saturated rings. The summed E-state index contributed by atoms with van der Waals surface area (Å²) >= 11 is 11.5. The second-order valence-corrected chi connectivity index (χ2v) is 5.62. The van der Waals surface area contributed by atoms with Crippen molar-refractivity contribution in [3.05, 3.63) is 45.9 Å². The molecule has 3 heteroatoms. The predicted octanol–water partition coefficient (Wildman–Crippen LogP) is 5.47. The van der Waals surface area contributed by atoms with Crippen molar-refractivity contribution in [3.63, 3.8) is 0 Å². The standard InChI is InChI=1S/C12H6BrClS/c13-9-5-1-3-7-8-4-2-6-10(14)12(8)15-11(7)9/h1-6H. The Balaban J connectivity index is 2.63. The highest BCUT2D eigenvalue weighted by Crippen LogP contribution is 2.40. The largest absolute Gasteiger partial charge is 0.132 e. The van der Waals surface area contributed by atoms with Gasteiger partial charge in [0.25, 0.3) is 0 Å². The summed E-state index contributed by atoms with van der Waals surface area (Å²) in [6, 6.07) is 12.3. The van der Waals surface area contributed by atoms with Crippen molar-refractivity contribution >= 4 is 59.0 Å². The van der Waals surface area contributed by atoms with Crippen LogP contribution in [0.5, 0.6) is 0 Å². The number of benzene rings is 2. The van der Waals surface area contributed by atoms with Gasteiger partial charge in [-0.05, 0) is 28.1 Å². The van der Waals surface area contributed by atoms with Crippen molar-refractivity contribution in [2.75, 3.05) is 0 Å². The summed E-state index contributed by atoms with van der Waals surface area (Å²) in [5, 5.41) is 3.34. The molecule has 3 aromatic rings. The van der Waals surface area contributed by atoms with E-state index in [1.54, 1.807) is 11.3 Å². The smallest absolute Gasteiger partial charge is 0.0584 e.